The molecule has 90 valence electrons. The number of hydrogen-bond donors (Lipinski definition) is 2. The molecule has 3 fully saturated rings. The molecule has 2 heterocycles. The second-order valence-corrected chi connectivity index (χ2v) is 5.73. The molecule has 2 bridgehead atoms. The SMILES string of the molecule is O=C(NC1CCCCC1)C1CC2CCC1N2. The Morgan fingerprint density at radius 2 is 1.88 bits per heavy atom. The monoisotopic (exact) mass is 222 g/mol. The summed E-state index contributed by atoms with van der Waals surface area (Å²) in [6.45, 7) is 0. The van der Waals surface area contributed by atoms with E-state index in [1.807, 2.05) is 0 Å². The Balaban J connectivity index is 1.53. The fourth-order valence-electron chi connectivity index (χ4n) is 3.67. The Morgan fingerprint density at radius 1 is 1.06 bits per heavy atom. The lowest BCUT2D eigenvalue weighted by atomic mass is 9.87. The molecule has 0 spiro atoms. The van der Waals surface area contributed by atoms with Gasteiger partial charge in [0, 0.05) is 18.1 Å². The van der Waals surface area contributed by atoms with Crippen LogP contribution in [0.2, 0.25) is 0 Å². The zero-order chi connectivity index (χ0) is 11.0. The summed E-state index contributed by atoms with van der Waals surface area (Å²) in [4.78, 5) is 12.2. The highest BCUT2D eigenvalue weighted by Crippen LogP contribution is 2.33. The van der Waals surface area contributed by atoms with E-state index in [1.165, 1.54) is 44.9 Å². The van der Waals surface area contributed by atoms with E-state index < -0.39 is 0 Å². The van der Waals surface area contributed by atoms with Gasteiger partial charge in [-0.1, -0.05) is 19.3 Å². The summed E-state index contributed by atoms with van der Waals surface area (Å²) >= 11 is 0. The van der Waals surface area contributed by atoms with Crippen LogP contribution in [0.25, 0.3) is 0 Å². The summed E-state index contributed by atoms with van der Waals surface area (Å²) < 4.78 is 0. The first-order valence-electron chi connectivity index (χ1n) is 6.89. The van der Waals surface area contributed by atoms with Gasteiger partial charge >= 0.3 is 0 Å². The van der Waals surface area contributed by atoms with Crippen LogP contribution in [0.1, 0.15) is 51.4 Å². The lowest BCUT2D eigenvalue weighted by molar-refractivity contribution is -0.126. The summed E-state index contributed by atoms with van der Waals surface area (Å²) in [7, 11) is 0. The van der Waals surface area contributed by atoms with E-state index in [0.29, 0.717) is 24.0 Å². The van der Waals surface area contributed by atoms with Gasteiger partial charge in [-0.05, 0) is 32.1 Å². The summed E-state index contributed by atoms with van der Waals surface area (Å²) in [5, 5.41) is 6.80. The number of rotatable bonds is 2. The molecule has 3 aliphatic rings. The van der Waals surface area contributed by atoms with Crippen molar-refractivity contribution in [1.29, 1.82) is 0 Å². The summed E-state index contributed by atoms with van der Waals surface area (Å²) in [5.41, 5.74) is 0. The van der Waals surface area contributed by atoms with Crippen LogP contribution in [-0.4, -0.2) is 24.0 Å². The maximum absolute atomic E-state index is 12.2. The van der Waals surface area contributed by atoms with E-state index in [1.54, 1.807) is 0 Å². The van der Waals surface area contributed by atoms with Crippen molar-refractivity contribution < 1.29 is 4.79 Å². The summed E-state index contributed by atoms with van der Waals surface area (Å²) in [6.07, 6.45) is 9.87. The van der Waals surface area contributed by atoms with Crippen molar-refractivity contribution in [3.63, 3.8) is 0 Å². The van der Waals surface area contributed by atoms with Gasteiger partial charge in [-0.3, -0.25) is 4.79 Å². The van der Waals surface area contributed by atoms with Gasteiger partial charge in [-0.15, -0.1) is 0 Å². The fraction of sp³-hybridized carbons (Fsp3) is 0.923. The Labute approximate surface area is 97.4 Å². The van der Waals surface area contributed by atoms with Crippen molar-refractivity contribution in [2.45, 2.75) is 69.5 Å². The van der Waals surface area contributed by atoms with Gasteiger partial charge in [0.05, 0.1) is 5.92 Å². The second kappa shape index (κ2) is 4.36. The molecule has 3 atom stereocenters. The Morgan fingerprint density at radius 3 is 2.50 bits per heavy atom. The third-order valence-electron chi connectivity index (χ3n) is 4.59. The molecular weight excluding hydrogens is 200 g/mol. The van der Waals surface area contributed by atoms with Crippen LogP contribution in [0.5, 0.6) is 0 Å². The lowest BCUT2D eigenvalue weighted by Crippen LogP contribution is -2.43. The average Bonchev–Trinajstić information content (AvgIpc) is 2.92. The van der Waals surface area contributed by atoms with Gasteiger partial charge in [0.2, 0.25) is 5.91 Å². The van der Waals surface area contributed by atoms with Gasteiger partial charge in [-0.2, -0.15) is 0 Å². The predicted molar refractivity (Wildman–Crippen MR) is 63.1 cm³/mol. The van der Waals surface area contributed by atoms with Crippen molar-refractivity contribution in [2.75, 3.05) is 0 Å². The number of carbonyl (C=O) groups is 1. The molecule has 1 saturated carbocycles. The zero-order valence-corrected chi connectivity index (χ0v) is 9.87. The molecule has 1 amide bonds. The molecule has 3 unspecified atom stereocenters. The minimum absolute atomic E-state index is 0.265. The van der Waals surface area contributed by atoms with Gasteiger partial charge in [-0.25, -0.2) is 0 Å². The largest absolute Gasteiger partial charge is 0.353 e. The lowest BCUT2D eigenvalue weighted by Gasteiger charge is -2.26. The maximum Gasteiger partial charge on any atom is 0.224 e. The van der Waals surface area contributed by atoms with E-state index in [4.69, 9.17) is 0 Å². The first kappa shape index (κ1) is 10.6. The van der Waals surface area contributed by atoms with E-state index in [2.05, 4.69) is 10.6 Å². The van der Waals surface area contributed by atoms with Gasteiger partial charge in [0.1, 0.15) is 0 Å². The highest BCUT2D eigenvalue weighted by atomic mass is 16.2. The van der Waals surface area contributed by atoms with Crippen LogP contribution in [0.4, 0.5) is 0 Å². The van der Waals surface area contributed by atoms with Crippen LogP contribution >= 0.6 is 0 Å². The normalized spacial score (nSPS) is 38.9. The molecule has 16 heavy (non-hydrogen) atoms. The molecule has 3 heteroatoms. The standard InChI is InChI=1S/C13H22N2O/c16-13(15-9-4-2-1-3-5-9)11-8-10-6-7-12(11)14-10/h9-12,14H,1-8H2,(H,15,16). The average molecular weight is 222 g/mol. The minimum Gasteiger partial charge on any atom is -0.353 e. The third-order valence-corrected chi connectivity index (χ3v) is 4.59. The number of nitrogens with one attached hydrogen (secondary N) is 2. The molecule has 3 nitrogen and oxygen atoms in total. The number of amides is 1. The third kappa shape index (κ3) is 1.97. The van der Waals surface area contributed by atoms with Gasteiger partial charge in [0.25, 0.3) is 0 Å². The molecule has 3 rings (SSSR count). The molecule has 0 aromatic heterocycles. The van der Waals surface area contributed by atoms with Crippen molar-refractivity contribution in [1.82, 2.24) is 10.6 Å². The van der Waals surface area contributed by atoms with Crippen molar-refractivity contribution in [3.05, 3.63) is 0 Å². The topological polar surface area (TPSA) is 41.1 Å². The Bertz CT molecular complexity index is 273. The van der Waals surface area contributed by atoms with Gasteiger partial charge in [0.15, 0.2) is 0 Å². The first-order chi connectivity index (χ1) is 7.83. The maximum atomic E-state index is 12.2. The van der Waals surface area contributed by atoms with Crippen LogP contribution in [0.3, 0.4) is 0 Å². The molecule has 0 aromatic carbocycles. The van der Waals surface area contributed by atoms with E-state index >= 15 is 0 Å². The Hall–Kier alpha value is -0.570. The van der Waals surface area contributed by atoms with Crippen molar-refractivity contribution >= 4 is 5.91 Å². The summed E-state index contributed by atoms with van der Waals surface area (Å²) in [5.74, 6) is 0.590. The highest BCUT2D eigenvalue weighted by molar-refractivity contribution is 5.80. The molecular formula is C13H22N2O. The van der Waals surface area contributed by atoms with Crippen LogP contribution in [0.15, 0.2) is 0 Å². The fourth-order valence-corrected chi connectivity index (χ4v) is 3.67. The van der Waals surface area contributed by atoms with E-state index in [0.717, 1.165) is 6.42 Å². The Kier molecular flexibility index (Phi) is 2.88. The number of carbonyl (C=O) groups excluding carboxylic acids is 1. The van der Waals surface area contributed by atoms with Crippen molar-refractivity contribution in [3.8, 4) is 0 Å². The van der Waals surface area contributed by atoms with Crippen LogP contribution in [-0.2, 0) is 4.79 Å². The van der Waals surface area contributed by atoms with E-state index in [-0.39, 0.29) is 5.92 Å². The second-order valence-electron chi connectivity index (χ2n) is 5.73. The number of hydrogen-bond acceptors (Lipinski definition) is 2. The van der Waals surface area contributed by atoms with Crippen LogP contribution in [0, 0.1) is 5.92 Å². The quantitative estimate of drug-likeness (QED) is 0.744. The molecule has 2 N–H and O–H groups in total. The molecule has 2 aliphatic heterocycles. The van der Waals surface area contributed by atoms with Gasteiger partial charge < -0.3 is 10.6 Å². The minimum atomic E-state index is 0.265. The zero-order valence-electron chi connectivity index (χ0n) is 9.87. The van der Waals surface area contributed by atoms with E-state index in [9.17, 15) is 4.79 Å². The first-order valence-corrected chi connectivity index (χ1v) is 6.89. The molecule has 1 aliphatic carbocycles. The molecule has 0 radical (unpaired) electrons. The summed E-state index contributed by atoms with van der Waals surface area (Å²) in [6, 6.07) is 1.58. The predicted octanol–water partition coefficient (Wildman–Crippen LogP) is 1.58. The number of fused-ring (bicyclic) bond motifs is 2. The highest BCUT2D eigenvalue weighted by Gasteiger charge is 2.42. The van der Waals surface area contributed by atoms with Crippen molar-refractivity contribution in [2.24, 2.45) is 5.92 Å². The van der Waals surface area contributed by atoms with Crippen LogP contribution < -0.4 is 10.6 Å². The molecule has 0 aromatic rings. The smallest absolute Gasteiger partial charge is 0.224 e. The molecule has 2 saturated heterocycles.